The van der Waals surface area contributed by atoms with E-state index in [-0.39, 0.29) is 0 Å². The van der Waals surface area contributed by atoms with Crippen LogP contribution in [0.3, 0.4) is 0 Å². The lowest BCUT2D eigenvalue weighted by atomic mass is 10.1. The fraction of sp³-hybridized carbons (Fsp3) is 0.231. The van der Waals surface area contributed by atoms with E-state index in [4.69, 9.17) is 14.5 Å². The van der Waals surface area contributed by atoms with Gasteiger partial charge >= 0.3 is 0 Å². The van der Waals surface area contributed by atoms with Crippen molar-refractivity contribution in [1.29, 1.82) is 0 Å². The summed E-state index contributed by atoms with van der Waals surface area (Å²) in [5, 5.41) is 4.65. The van der Waals surface area contributed by atoms with Gasteiger partial charge in [0.25, 0.3) is 0 Å². The third-order valence-corrected chi connectivity index (χ3v) is 7.31. The Balaban J connectivity index is 1.26. The predicted octanol–water partition coefficient (Wildman–Crippen LogP) is 5.81. The van der Waals surface area contributed by atoms with Crippen LogP contribution in [0.2, 0.25) is 0 Å². The third kappa shape index (κ3) is 3.58. The molecule has 7 heteroatoms. The molecule has 0 amide bonds. The van der Waals surface area contributed by atoms with Gasteiger partial charge in [-0.3, -0.25) is 0 Å². The smallest absolute Gasteiger partial charge is 0.184 e. The van der Waals surface area contributed by atoms with Crippen molar-refractivity contribution >= 4 is 37.7 Å². The van der Waals surface area contributed by atoms with Crippen LogP contribution in [0.1, 0.15) is 29.2 Å². The normalized spacial score (nSPS) is 15.2. The maximum atomic E-state index is 5.48. The van der Waals surface area contributed by atoms with Crippen molar-refractivity contribution in [3.8, 4) is 11.5 Å². The van der Waals surface area contributed by atoms with E-state index in [1.54, 1.807) is 25.6 Å². The van der Waals surface area contributed by atoms with E-state index in [0.717, 1.165) is 41.1 Å². The minimum atomic E-state index is 0.338. The number of nitrogens with zero attached hydrogens (tertiary/aromatic N) is 3. The molecular formula is C26H24N4O2S. The predicted molar refractivity (Wildman–Crippen MR) is 133 cm³/mol. The van der Waals surface area contributed by atoms with Crippen molar-refractivity contribution < 1.29 is 9.47 Å². The Labute approximate surface area is 195 Å². The van der Waals surface area contributed by atoms with Crippen LogP contribution in [0.25, 0.3) is 21.3 Å². The summed E-state index contributed by atoms with van der Waals surface area (Å²) < 4.78 is 14.2. The number of hydrogen-bond donors (Lipinski definition) is 1. The summed E-state index contributed by atoms with van der Waals surface area (Å²) in [4.78, 5) is 9.39. The molecule has 0 radical (unpaired) electrons. The first-order valence-electron chi connectivity index (χ1n) is 11.0. The molecule has 0 saturated carbocycles. The summed E-state index contributed by atoms with van der Waals surface area (Å²) in [6, 6.07) is 19.4. The number of hydrogen-bond acceptors (Lipinski definition) is 6. The molecule has 33 heavy (non-hydrogen) atoms. The van der Waals surface area contributed by atoms with Crippen molar-refractivity contribution in [2.75, 3.05) is 19.5 Å². The molecule has 6 rings (SSSR count). The molecule has 2 aromatic heterocycles. The highest BCUT2D eigenvalue weighted by atomic mass is 32.1. The van der Waals surface area contributed by atoms with Crippen LogP contribution in [-0.2, 0) is 13.0 Å². The van der Waals surface area contributed by atoms with Crippen LogP contribution < -0.4 is 14.8 Å². The Morgan fingerprint density at radius 2 is 1.88 bits per heavy atom. The molecule has 0 unspecified atom stereocenters. The first kappa shape index (κ1) is 20.1. The van der Waals surface area contributed by atoms with Crippen molar-refractivity contribution in [3.63, 3.8) is 0 Å². The van der Waals surface area contributed by atoms with Crippen LogP contribution in [0.15, 0.2) is 60.9 Å². The highest BCUT2D eigenvalue weighted by Gasteiger charge is 2.22. The minimum absolute atomic E-state index is 0.338. The van der Waals surface area contributed by atoms with Crippen molar-refractivity contribution in [1.82, 2.24) is 14.5 Å². The molecule has 0 aliphatic heterocycles. The summed E-state index contributed by atoms with van der Waals surface area (Å²) >= 11 is 1.72. The number of nitrogens with one attached hydrogen (secondary N) is 1. The summed E-state index contributed by atoms with van der Waals surface area (Å²) in [5.74, 6) is 1.39. The second-order valence-electron chi connectivity index (χ2n) is 8.32. The summed E-state index contributed by atoms with van der Waals surface area (Å²) in [5.41, 5.74) is 6.98. The molecule has 1 aliphatic rings. The van der Waals surface area contributed by atoms with Crippen LogP contribution >= 0.6 is 11.3 Å². The lowest BCUT2D eigenvalue weighted by molar-refractivity contribution is 0.355. The molecule has 1 atom stereocenters. The van der Waals surface area contributed by atoms with Gasteiger partial charge in [0, 0.05) is 18.7 Å². The Morgan fingerprint density at radius 3 is 2.76 bits per heavy atom. The number of aryl methyl sites for hydroxylation is 1. The first-order valence-corrected chi connectivity index (χ1v) is 11.8. The number of ether oxygens (including phenoxy) is 2. The van der Waals surface area contributed by atoms with E-state index in [9.17, 15) is 0 Å². The third-order valence-electron chi connectivity index (χ3n) is 6.36. The van der Waals surface area contributed by atoms with Gasteiger partial charge in [-0.25, -0.2) is 9.97 Å². The number of thiazole rings is 1. The van der Waals surface area contributed by atoms with E-state index in [0.29, 0.717) is 17.5 Å². The second kappa shape index (κ2) is 8.08. The molecule has 6 nitrogen and oxygen atoms in total. The number of benzene rings is 3. The fourth-order valence-electron chi connectivity index (χ4n) is 4.69. The van der Waals surface area contributed by atoms with Gasteiger partial charge in [-0.1, -0.05) is 41.7 Å². The van der Waals surface area contributed by atoms with Gasteiger partial charge in [0.1, 0.15) is 0 Å². The monoisotopic (exact) mass is 456 g/mol. The van der Waals surface area contributed by atoms with Crippen LogP contribution in [-0.4, -0.2) is 28.8 Å². The van der Waals surface area contributed by atoms with E-state index in [1.807, 2.05) is 18.5 Å². The van der Waals surface area contributed by atoms with E-state index < -0.39 is 0 Å². The molecule has 0 spiro atoms. The average Bonchev–Trinajstić information content (AvgIpc) is 3.55. The van der Waals surface area contributed by atoms with E-state index in [2.05, 4.69) is 57.3 Å². The van der Waals surface area contributed by atoms with Gasteiger partial charge in [-0.15, -0.1) is 0 Å². The molecule has 0 fully saturated rings. The van der Waals surface area contributed by atoms with Crippen molar-refractivity contribution in [2.24, 2.45) is 0 Å². The number of imidazole rings is 1. The standard InChI is InChI=1S/C26H24N4O2S/c1-31-23-12-21-22(13-24(23)32-2)30(15-27-21)14-16-7-9-20-25(11-16)33-26(29-20)28-19-10-8-17-5-3-4-6-18(17)19/h3-7,9,11-13,15,19H,8,10,14H2,1-2H3,(H,28,29)/t19-/m0/s1. The van der Waals surface area contributed by atoms with Gasteiger partial charge in [0.2, 0.25) is 0 Å². The van der Waals surface area contributed by atoms with Crippen molar-refractivity contribution in [3.05, 3.63) is 77.6 Å². The zero-order chi connectivity index (χ0) is 22.4. The minimum Gasteiger partial charge on any atom is -0.493 e. The Bertz CT molecular complexity index is 1470. The second-order valence-corrected chi connectivity index (χ2v) is 9.35. The summed E-state index contributed by atoms with van der Waals surface area (Å²) in [6.45, 7) is 0.721. The number of anilines is 1. The molecule has 0 saturated heterocycles. The molecule has 3 aromatic carbocycles. The number of rotatable bonds is 6. The number of aromatic nitrogens is 3. The molecule has 2 heterocycles. The number of fused-ring (bicyclic) bond motifs is 3. The van der Waals surface area contributed by atoms with Crippen LogP contribution in [0, 0.1) is 0 Å². The highest BCUT2D eigenvalue weighted by Crippen LogP contribution is 2.36. The van der Waals surface area contributed by atoms with E-state index >= 15 is 0 Å². The first-order chi connectivity index (χ1) is 16.2. The molecule has 5 aromatic rings. The summed E-state index contributed by atoms with van der Waals surface area (Å²) in [6.07, 6.45) is 4.10. The van der Waals surface area contributed by atoms with E-state index in [1.165, 1.54) is 21.4 Å². The SMILES string of the molecule is COc1cc2ncn(Cc3ccc4nc(N[C@H]5CCc6ccccc65)sc4c3)c2cc1OC. The zero-order valence-electron chi connectivity index (χ0n) is 18.5. The van der Waals surface area contributed by atoms with Crippen LogP contribution in [0.4, 0.5) is 5.13 Å². The fourth-order valence-corrected chi connectivity index (χ4v) is 5.68. The lowest BCUT2D eigenvalue weighted by Gasteiger charge is -2.12. The quantitative estimate of drug-likeness (QED) is 0.349. The molecule has 1 N–H and O–H groups in total. The molecule has 0 bridgehead atoms. The maximum Gasteiger partial charge on any atom is 0.184 e. The Kier molecular flexibility index (Phi) is 4.91. The van der Waals surface area contributed by atoms with Gasteiger partial charge in [-0.2, -0.15) is 0 Å². The van der Waals surface area contributed by atoms with Crippen LogP contribution in [0.5, 0.6) is 11.5 Å². The van der Waals surface area contributed by atoms with Gasteiger partial charge < -0.3 is 19.4 Å². The average molecular weight is 457 g/mol. The number of methoxy groups -OCH3 is 2. The topological polar surface area (TPSA) is 61.2 Å². The Morgan fingerprint density at radius 1 is 1.03 bits per heavy atom. The Hall–Kier alpha value is -3.58. The summed E-state index contributed by atoms with van der Waals surface area (Å²) in [7, 11) is 3.29. The van der Waals surface area contributed by atoms with Gasteiger partial charge in [0.05, 0.1) is 47.8 Å². The van der Waals surface area contributed by atoms with Gasteiger partial charge in [-0.05, 0) is 41.7 Å². The zero-order valence-corrected chi connectivity index (χ0v) is 19.4. The van der Waals surface area contributed by atoms with Gasteiger partial charge in [0.15, 0.2) is 16.6 Å². The molecule has 1 aliphatic carbocycles. The molecule has 166 valence electrons. The van der Waals surface area contributed by atoms with Crippen molar-refractivity contribution in [2.45, 2.75) is 25.4 Å². The largest absolute Gasteiger partial charge is 0.493 e. The lowest BCUT2D eigenvalue weighted by Crippen LogP contribution is -2.06. The highest BCUT2D eigenvalue weighted by molar-refractivity contribution is 7.22. The molecular weight excluding hydrogens is 432 g/mol. The maximum absolute atomic E-state index is 5.48.